The highest BCUT2D eigenvalue weighted by Crippen LogP contribution is 2.07. The van der Waals surface area contributed by atoms with Crippen molar-refractivity contribution in [2.75, 3.05) is 27.1 Å². The van der Waals surface area contributed by atoms with Gasteiger partial charge in [-0.15, -0.1) is 0 Å². The number of epoxide rings is 1. The van der Waals surface area contributed by atoms with Gasteiger partial charge >= 0.3 is 0 Å². The topological polar surface area (TPSA) is 31.0 Å². The summed E-state index contributed by atoms with van der Waals surface area (Å²) in [5, 5.41) is 0. The highest BCUT2D eigenvalue weighted by molar-refractivity contribution is 4.66. The van der Waals surface area contributed by atoms with Crippen molar-refractivity contribution in [2.24, 2.45) is 0 Å². The zero-order chi connectivity index (χ0) is 5.82. The molecule has 0 amide bonds. The van der Waals surface area contributed by atoms with Crippen LogP contribution in [-0.4, -0.2) is 33.2 Å². The quantitative estimate of drug-likeness (QED) is 0.296. The van der Waals surface area contributed by atoms with E-state index in [9.17, 15) is 0 Å². The van der Waals surface area contributed by atoms with Gasteiger partial charge in [-0.2, -0.15) is 0 Å². The second-order valence-corrected chi connectivity index (χ2v) is 1.73. The molecule has 1 aliphatic rings. The van der Waals surface area contributed by atoms with E-state index in [0.717, 1.165) is 6.61 Å². The van der Waals surface area contributed by atoms with E-state index in [1.54, 1.807) is 7.11 Å². The van der Waals surface area contributed by atoms with Gasteiger partial charge in [0.2, 0.25) is 0 Å². The molecule has 1 saturated heterocycles. The summed E-state index contributed by atoms with van der Waals surface area (Å²) in [6, 6.07) is 0. The molecule has 0 saturated carbocycles. The van der Waals surface area contributed by atoms with Crippen molar-refractivity contribution in [1.29, 1.82) is 0 Å². The van der Waals surface area contributed by atoms with Gasteiger partial charge in [0.1, 0.15) is 12.9 Å². The number of hydrogen-bond acceptors (Lipinski definition) is 3. The van der Waals surface area contributed by atoms with Crippen LogP contribution in [0.2, 0.25) is 0 Å². The first-order chi connectivity index (χ1) is 3.93. The minimum atomic E-state index is 0.352. The zero-order valence-electron chi connectivity index (χ0n) is 4.92. The van der Waals surface area contributed by atoms with Crippen LogP contribution < -0.4 is 0 Å². The zero-order valence-corrected chi connectivity index (χ0v) is 4.92. The predicted octanol–water partition coefficient (Wildman–Crippen LogP) is 0.00570. The van der Waals surface area contributed by atoms with E-state index in [0.29, 0.717) is 19.5 Å². The average Bonchev–Trinajstić information content (AvgIpc) is 2.51. The number of methoxy groups -OCH3 is 1. The molecule has 48 valence electrons. The Morgan fingerprint density at radius 2 is 2.50 bits per heavy atom. The van der Waals surface area contributed by atoms with E-state index in [1.807, 2.05) is 0 Å². The fraction of sp³-hybridized carbons (Fsp3) is 1.00. The smallest absolute Gasteiger partial charge is 0.146 e. The summed E-state index contributed by atoms with van der Waals surface area (Å²) < 4.78 is 14.5. The molecule has 0 aliphatic carbocycles. The molecule has 1 fully saturated rings. The van der Waals surface area contributed by atoms with Gasteiger partial charge < -0.3 is 14.2 Å². The Labute approximate surface area is 48.5 Å². The van der Waals surface area contributed by atoms with Crippen molar-refractivity contribution in [2.45, 2.75) is 6.10 Å². The number of ether oxygens (including phenoxy) is 3. The molecule has 0 N–H and O–H groups in total. The van der Waals surface area contributed by atoms with Gasteiger partial charge in [-0.3, -0.25) is 0 Å². The van der Waals surface area contributed by atoms with Gasteiger partial charge in [-0.05, 0) is 0 Å². The van der Waals surface area contributed by atoms with Crippen LogP contribution in [-0.2, 0) is 14.2 Å². The molecular weight excluding hydrogens is 108 g/mol. The normalized spacial score (nSPS) is 25.9. The molecular formula is C5H10O3. The molecule has 1 atom stereocenters. The van der Waals surface area contributed by atoms with E-state index in [2.05, 4.69) is 4.74 Å². The summed E-state index contributed by atoms with van der Waals surface area (Å²) in [6.07, 6.45) is 0.352. The fourth-order valence-electron chi connectivity index (χ4n) is 0.427. The van der Waals surface area contributed by atoms with E-state index >= 15 is 0 Å². The molecule has 0 bridgehead atoms. The molecule has 1 aliphatic heterocycles. The average molecular weight is 118 g/mol. The first-order valence-electron chi connectivity index (χ1n) is 2.62. The van der Waals surface area contributed by atoms with Crippen LogP contribution in [0.25, 0.3) is 0 Å². The molecule has 0 aromatic carbocycles. The molecule has 0 radical (unpaired) electrons. The molecule has 1 rings (SSSR count). The summed E-state index contributed by atoms with van der Waals surface area (Å²) >= 11 is 0. The first-order valence-corrected chi connectivity index (χ1v) is 2.62. The maximum Gasteiger partial charge on any atom is 0.146 e. The second-order valence-electron chi connectivity index (χ2n) is 1.73. The minimum absolute atomic E-state index is 0.352. The van der Waals surface area contributed by atoms with Crippen molar-refractivity contribution in [3.63, 3.8) is 0 Å². The largest absolute Gasteiger partial charge is 0.371 e. The highest BCUT2D eigenvalue weighted by Gasteiger charge is 2.21. The van der Waals surface area contributed by atoms with Gasteiger partial charge in [-0.25, -0.2) is 0 Å². The number of hydrogen-bond donors (Lipinski definition) is 0. The van der Waals surface area contributed by atoms with Crippen LogP contribution in [0.4, 0.5) is 0 Å². The van der Waals surface area contributed by atoms with Crippen LogP contribution in [0.3, 0.4) is 0 Å². The van der Waals surface area contributed by atoms with E-state index < -0.39 is 0 Å². The fourth-order valence-corrected chi connectivity index (χ4v) is 0.427. The Balaban J connectivity index is 1.74. The lowest BCUT2D eigenvalue weighted by Crippen LogP contribution is -2.03. The molecule has 3 heteroatoms. The van der Waals surface area contributed by atoms with E-state index in [4.69, 9.17) is 9.47 Å². The third kappa shape index (κ3) is 2.26. The monoisotopic (exact) mass is 118 g/mol. The van der Waals surface area contributed by atoms with Crippen molar-refractivity contribution in [3.05, 3.63) is 0 Å². The van der Waals surface area contributed by atoms with Crippen LogP contribution in [0.1, 0.15) is 0 Å². The number of rotatable bonds is 4. The summed E-state index contributed by atoms with van der Waals surface area (Å²) in [7, 11) is 1.60. The predicted molar refractivity (Wildman–Crippen MR) is 27.6 cm³/mol. The highest BCUT2D eigenvalue weighted by atomic mass is 16.7. The maximum atomic E-state index is 4.96. The van der Waals surface area contributed by atoms with Gasteiger partial charge in [-0.1, -0.05) is 0 Å². The summed E-state index contributed by atoms with van der Waals surface area (Å²) in [5.41, 5.74) is 0. The van der Waals surface area contributed by atoms with Crippen molar-refractivity contribution in [3.8, 4) is 0 Å². The Morgan fingerprint density at radius 1 is 1.75 bits per heavy atom. The van der Waals surface area contributed by atoms with Gasteiger partial charge in [0.25, 0.3) is 0 Å². The van der Waals surface area contributed by atoms with Crippen LogP contribution >= 0.6 is 0 Å². The first kappa shape index (κ1) is 6.01. The van der Waals surface area contributed by atoms with Crippen molar-refractivity contribution in [1.82, 2.24) is 0 Å². The Hall–Kier alpha value is -0.120. The van der Waals surface area contributed by atoms with Crippen molar-refractivity contribution >= 4 is 0 Å². The molecule has 3 nitrogen and oxygen atoms in total. The summed E-state index contributed by atoms with van der Waals surface area (Å²) in [4.78, 5) is 0. The molecule has 8 heavy (non-hydrogen) atoms. The Kier molecular flexibility index (Phi) is 2.27. The van der Waals surface area contributed by atoms with Crippen LogP contribution in [0.5, 0.6) is 0 Å². The second kappa shape index (κ2) is 3.02. The summed E-state index contributed by atoms with van der Waals surface area (Å²) in [5.74, 6) is 0. The Morgan fingerprint density at radius 3 is 3.00 bits per heavy atom. The lowest BCUT2D eigenvalue weighted by molar-refractivity contribution is -0.0351. The van der Waals surface area contributed by atoms with Crippen LogP contribution in [0.15, 0.2) is 0 Å². The summed E-state index contributed by atoms with van der Waals surface area (Å²) in [6.45, 7) is 1.90. The Bertz CT molecular complexity index is 60.7. The standard InChI is InChI=1S/C5H10O3/c1-6-4-7-2-5-3-8-5/h5H,2-4H2,1H3. The molecule has 0 aromatic heterocycles. The van der Waals surface area contributed by atoms with E-state index in [1.165, 1.54) is 0 Å². The third-order valence-electron chi connectivity index (χ3n) is 0.907. The lowest BCUT2D eigenvalue weighted by atomic mass is 10.5. The van der Waals surface area contributed by atoms with Crippen molar-refractivity contribution < 1.29 is 14.2 Å². The maximum absolute atomic E-state index is 4.96. The molecule has 0 spiro atoms. The minimum Gasteiger partial charge on any atom is -0.371 e. The van der Waals surface area contributed by atoms with Gasteiger partial charge in [0.05, 0.1) is 13.2 Å². The van der Waals surface area contributed by atoms with Gasteiger partial charge in [0, 0.05) is 7.11 Å². The van der Waals surface area contributed by atoms with Crippen LogP contribution in [0, 0.1) is 0 Å². The lowest BCUT2D eigenvalue weighted by Gasteiger charge is -1.96. The SMILES string of the molecule is COCOCC1CO1. The van der Waals surface area contributed by atoms with E-state index in [-0.39, 0.29) is 0 Å². The third-order valence-corrected chi connectivity index (χ3v) is 0.907. The van der Waals surface area contributed by atoms with Gasteiger partial charge in [0.15, 0.2) is 0 Å². The molecule has 1 unspecified atom stereocenters. The molecule has 0 aromatic rings. The molecule has 1 heterocycles.